The molecule has 0 bridgehead atoms. The third-order valence-electron chi connectivity index (χ3n) is 2.41. The first kappa shape index (κ1) is 9.37. The SMILES string of the molecule is COC=C1CCC(C)(C)C=C1C. The molecule has 68 valence electrons. The molecule has 0 spiro atoms. The maximum atomic E-state index is 5.02. The Balaban J connectivity index is 2.83. The van der Waals surface area contributed by atoms with Crippen molar-refractivity contribution >= 4 is 0 Å². The highest BCUT2D eigenvalue weighted by Gasteiger charge is 2.21. The number of hydrogen-bond donors (Lipinski definition) is 0. The van der Waals surface area contributed by atoms with Gasteiger partial charge in [-0.05, 0) is 36.3 Å². The van der Waals surface area contributed by atoms with E-state index >= 15 is 0 Å². The van der Waals surface area contributed by atoms with Gasteiger partial charge >= 0.3 is 0 Å². The Labute approximate surface area is 75.1 Å². The molecule has 0 aromatic heterocycles. The molecule has 0 N–H and O–H groups in total. The van der Waals surface area contributed by atoms with Crippen molar-refractivity contribution in [2.75, 3.05) is 7.11 Å². The zero-order valence-electron chi connectivity index (χ0n) is 8.48. The van der Waals surface area contributed by atoms with Gasteiger partial charge < -0.3 is 4.74 Å². The van der Waals surface area contributed by atoms with E-state index in [4.69, 9.17) is 4.74 Å². The van der Waals surface area contributed by atoms with Gasteiger partial charge in [0, 0.05) is 0 Å². The monoisotopic (exact) mass is 166 g/mol. The van der Waals surface area contributed by atoms with Gasteiger partial charge in [-0.1, -0.05) is 19.9 Å². The predicted molar refractivity (Wildman–Crippen MR) is 51.9 cm³/mol. The highest BCUT2D eigenvalue weighted by Crippen LogP contribution is 2.35. The van der Waals surface area contributed by atoms with Gasteiger partial charge in [-0.2, -0.15) is 0 Å². The minimum atomic E-state index is 0.370. The van der Waals surface area contributed by atoms with Crippen LogP contribution in [-0.4, -0.2) is 7.11 Å². The molecule has 0 heterocycles. The first-order valence-electron chi connectivity index (χ1n) is 4.47. The Morgan fingerprint density at radius 2 is 2.17 bits per heavy atom. The molecule has 1 aliphatic carbocycles. The fourth-order valence-corrected chi connectivity index (χ4v) is 1.70. The largest absolute Gasteiger partial charge is 0.504 e. The maximum Gasteiger partial charge on any atom is 0.0859 e. The maximum absolute atomic E-state index is 5.02. The van der Waals surface area contributed by atoms with Gasteiger partial charge in [-0.15, -0.1) is 0 Å². The molecule has 0 aromatic carbocycles. The van der Waals surface area contributed by atoms with E-state index in [0.29, 0.717) is 5.41 Å². The topological polar surface area (TPSA) is 9.23 Å². The molecule has 0 fully saturated rings. The van der Waals surface area contributed by atoms with Crippen LogP contribution in [-0.2, 0) is 4.74 Å². The van der Waals surface area contributed by atoms with Crippen LogP contribution in [0.1, 0.15) is 33.6 Å². The van der Waals surface area contributed by atoms with E-state index in [2.05, 4.69) is 26.8 Å². The number of rotatable bonds is 1. The molecule has 0 saturated carbocycles. The molecule has 1 rings (SSSR count). The van der Waals surface area contributed by atoms with Crippen LogP contribution in [0.4, 0.5) is 0 Å². The summed E-state index contributed by atoms with van der Waals surface area (Å²) in [5.74, 6) is 0. The van der Waals surface area contributed by atoms with E-state index in [-0.39, 0.29) is 0 Å². The first-order valence-corrected chi connectivity index (χ1v) is 4.47. The third kappa shape index (κ3) is 2.13. The van der Waals surface area contributed by atoms with Crippen LogP contribution in [0.5, 0.6) is 0 Å². The molecular weight excluding hydrogens is 148 g/mol. The second kappa shape index (κ2) is 3.34. The molecular formula is C11H18O. The molecule has 12 heavy (non-hydrogen) atoms. The van der Waals surface area contributed by atoms with Crippen LogP contribution >= 0.6 is 0 Å². The summed E-state index contributed by atoms with van der Waals surface area (Å²) in [6.07, 6.45) is 6.56. The van der Waals surface area contributed by atoms with Crippen molar-refractivity contribution in [1.82, 2.24) is 0 Å². The van der Waals surface area contributed by atoms with Gasteiger partial charge in [-0.3, -0.25) is 0 Å². The van der Waals surface area contributed by atoms with Crippen LogP contribution < -0.4 is 0 Å². The lowest BCUT2D eigenvalue weighted by Crippen LogP contribution is -2.13. The average Bonchev–Trinajstić information content (AvgIpc) is 1.94. The Kier molecular flexibility index (Phi) is 2.61. The van der Waals surface area contributed by atoms with E-state index in [0.717, 1.165) is 6.42 Å². The van der Waals surface area contributed by atoms with E-state index in [1.54, 1.807) is 7.11 Å². The summed E-state index contributed by atoms with van der Waals surface area (Å²) < 4.78 is 5.02. The van der Waals surface area contributed by atoms with Crippen LogP contribution in [0.3, 0.4) is 0 Å². The molecule has 1 heteroatoms. The fraction of sp³-hybridized carbons (Fsp3) is 0.636. The van der Waals surface area contributed by atoms with Gasteiger partial charge in [0.15, 0.2) is 0 Å². The van der Waals surface area contributed by atoms with Gasteiger partial charge in [0.25, 0.3) is 0 Å². The second-order valence-electron chi connectivity index (χ2n) is 4.19. The summed E-state index contributed by atoms with van der Waals surface area (Å²) in [5.41, 5.74) is 3.08. The number of allylic oxidation sites excluding steroid dienone is 3. The molecule has 0 atom stereocenters. The van der Waals surface area contributed by atoms with Crippen molar-refractivity contribution in [3.8, 4) is 0 Å². The molecule has 0 amide bonds. The van der Waals surface area contributed by atoms with Gasteiger partial charge in [0.2, 0.25) is 0 Å². The van der Waals surface area contributed by atoms with Crippen molar-refractivity contribution in [2.45, 2.75) is 33.6 Å². The Hall–Kier alpha value is -0.720. The van der Waals surface area contributed by atoms with Gasteiger partial charge in [-0.25, -0.2) is 0 Å². The normalized spacial score (nSPS) is 25.3. The minimum absolute atomic E-state index is 0.370. The molecule has 1 aliphatic rings. The number of hydrogen-bond acceptors (Lipinski definition) is 1. The molecule has 0 aromatic rings. The molecule has 1 nitrogen and oxygen atoms in total. The van der Waals surface area contributed by atoms with E-state index in [1.807, 2.05) is 6.26 Å². The highest BCUT2D eigenvalue weighted by molar-refractivity contribution is 5.32. The summed E-state index contributed by atoms with van der Waals surface area (Å²) in [6, 6.07) is 0. The summed E-state index contributed by atoms with van der Waals surface area (Å²) in [4.78, 5) is 0. The molecule has 0 aliphatic heterocycles. The predicted octanol–water partition coefficient (Wildman–Crippen LogP) is 3.28. The lowest BCUT2D eigenvalue weighted by molar-refractivity contribution is 0.328. The number of methoxy groups -OCH3 is 1. The minimum Gasteiger partial charge on any atom is -0.504 e. The lowest BCUT2D eigenvalue weighted by atomic mass is 9.78. The Bertz CT molecular complexity index is 221. The quantitative estimate of drug-likeness (QED) is 0.543. The highest BCUT2D eigenvalue weighted by atomic mass is 16.5. The molecule has 0 saturated heterocycles. The van der Waals surface area contributed by atoms with Crippen molar-refractivity contribution in [3.63, 3.8) is 0 Å². The Morgan fingerprint density at radius 1 is 1.50 bits per heavy atom. The van der Waals surface area contributed by atoms with E-state index in [1.165, 1.54) is 17.6 Å². The van der Waals surface area contributed by atoms with E-state index < -0.39 is 0 Å². The van der Waals surface area contributed by atoms with Gasteiger partial charge in [0.1, 0.15) is 0 Å². The van der Waals surface area contributed by atoms with Crippen molar-refractivity contribution in [2.24, 2.45) is 5.41 Å². The zero-order valence-corrected chi connectivity index (χ0v) is 8.48. The van der Waals surface area contributed by atoms with Crippen molar-refractivity contribution in [1.29, 1.82) is 0 Å². The summed E-state index contributed by atoms with van der Waals surface area (Å²) in [7, 11) is 1.71. The first-order chi connectivity index (χ1) is 5.55. The summed E-state index contributed by atoms with van der Waals surface area (Å²) in [6.45, 7) is 6.71. The third-order valence-corrected chi connectivity index (χ3v) is 2.41. The zero-order chi connectivity index (χ0) is 9.19. The number of ether oxygens (including phenoxy) is 1. The Morgan fingerprint density at radius 3 is 2.67 bits per heavy atom. The molecule has 0 unspecified atom stereocenters. The summed E-state index contributed by atoms with van der Waals surface area (Å²) >= 11 is 0. The lowest BCUT2D eigenvalue weighted by Gasteiger charge is -2.27. The fourth-order valence-electron chi connectivity index (χ4n) is 1.70. The van der Waals surface area contributed by atoms with Crippen LogP contribution in [0.15, 0.2) is 23.5 Å². The second-order valence-corrected chi connectivity index (χ2v) is 4.19. The standard InChI is InChI=1S/C11H18O/c1-9-7-11(2,3)6-5-10(9)8-12-4/h7-8H,5-6H2,1-4H3. The van der Waals surface area contributed by atoms with Crippen LogP contribution in [0.2, 0.25) is 0 Å². The van der Waals surface area contributed by atoms with Crippen LogP contribution in [0.25, 0.3) is 0 Å². The summed E-state index contributed by atoms with van der Waals surface area (Å²) in [5, 5.41) is 0. The smallest absolute Gasteiger partial charge is 0.0859 e. The van der Waals surface area contributed by atoms with Crippen molar-refractivity contribution < 1.29 is 4.74 Å². The van der Waals surface area contributed by atoms with Crippen molar-refractivity contribution in [3.05, 3.63) is 23.5 Å². The van der Waals surface area contributed by atoms with Gasteiger partial charge in [0.05, 0.1) is 13.4 Å². The average molecular weight is 166 g/mol. The van der Waals surface area contributed by atoms with E-state index in [9.17, 15) is 0 Å². The van der Waals surface area contributed by atoms with Crippen LogP contribution in [0, 0.1) is 5.41 Å². The molecule has 0 radical (unpaired) electrons.